The van der Waals surface area contributed by atoms with Crippen LogP contribution in [0, 0.1) is 0 Å². The standard InChI is InChI=1S/C7H13NO/c1-8-5-7(9-6-8)3-2-4-7/h2-6H2,1H3. The van der Waals surface area contributed by atoms with Gasteiger partial charge in [-0.2, -0.15) is 0 Å². The van der Waals surface area contributed by atoms with E-state index in [0.717, 1.165) is 13.3 Å². The Kier molecular flexibility index (Phi) is 1.08. The average Bonchev–Trinajstić information content (AvgIpc) is 2.09. The summed E-state index contributed by atoms with van der Waals surface area (Å²) < 4.78 is 5.61. The van der Waals surface area contributed by atoms with E-state index in [9.17, 15) is 0 Å². The van der Waals surface area contributed by atoms with Crippen molar-refractivity contribution in [3.63, 3.8) is 0 Å². The molecular weight excluding hydrogens is 114 g/mol. The zero-order valence-corrected chi connectivity index (χ0v) is 5.89. The lowest BCUT2D eigenvalue weighted by Crippen LogP contribution is -2.40. The number of ether oxygens (including phenoxy) is 1. The van der Waals surface area contributed by atoms with Crippen molar-refractivity contribution < 1.29 is 4.74 Å². The normalized spacial score (nSPS) is 33.0. The number of hydrogen-bond donors (Lipinski definition) is 0. The van der Waals surface area contributed by atoms with Crippen LogP contribution >= 0.6 is 0 Å². The van der Waals surface area contributed by atoms with Gasteiger partial charge in [0.2, 0.25) is 0 Å². The smallest absolute Gasteiger partial charge is 0.0997 e. The molecule has 0 unspecified atom stereocenters. The first-order valence-electron chi connectivity index (χ1n) is 3.63. The number of nitrogens with zero attached hydrogens (tertiary/aromatic N) is 1. The summed E-state index contributed by atoms with van der Waals surface area (Å²) >= 11 is 0. The Morgan fingerprint density at radius 2 is 2.22 bits per heavy atom. The van der Waals surface area contributed by atoms with Crippen LogP contribution in [0.25, 0.3) is 0 Å². The third-order valence-electron chi connectivity index (χ3n) is 2.41. The lowest BCUT2D eigenvalue weighted by molar-refractivity contribution is -0.0504. The summed E-state index contributed by atoms with van der Waals surface area (Å²) in [5, 5.41) is 0. The molecule has 0 aromatic carbocycles. The molecule has 0 N–H and O–H groups in total. The third kappa shape index (κ3) is 0.775. The molecule has 1 spiro atoms. The highest BCUT2D eigenvalue weighted by atomic mass is 16.5. The van der Waals surface area contributed by atoms with Crippen molar-refractivity contribution in [1.82, 2.24) is 4.90 Å². The van der Waals surface area contributed by atoms with Gasteiger partial charge >= 0.3 is 0 Å². The fraction of sp³-hybridized carbons (Fsp3) is 1.00. The van der Waals surface area contributed by atoms with E-state index < -0.39 is 0 Å². The first-order valence-corrected chi connectivity index (χ1v) is 3.63. The number of hydrogen-bond acceptors (Lipinski definition) is 2. The van der Waals surface area contributed by atoms with Gasteiger partial charge in [0.1, 0.15) is 0 Å². The molecule has 2 fully saturated rings. The molecule has 2 aliphatic rings. The summed E-state index contributed by atoms with van der Waals surface area (Å²) in [6, 6.07) is 0. The van der Waals surface area contributed by atoms with Crippen molar-refractivity contribution in [3.05, 3.63) is 0 Å². The third-order valence-corrected chi connectivity index (χ3v) is 2.41. The monoisotopic (exact) mass is 127 g/mol. The number of rotatable bonds is 0. The Hall–Kier alpha value is -0.0800. The van der Waals surface area contributed by atoms with Crippen molar-refractivity contribution in [2.75, 3.05) is 20.3 Å². The Morgan fingerprint density at radius 1 is 1.44 bits per heavy atom. The van der Waals surface area contributed by atoms with Gasteiger partial charge < -0.3 is 4.74 Å². The van der Waals surface area contributed by atoms with Crippen LogP contribution in [0.15, 0.2) is 0 Å². The molecule has 1 saturated carbocycles. The second-order valence-corrected chi connectivity index (χ2v) is 3.32. The predicted octanol–water partition coefficient (Wildman–Crippen LogP) is 0.829. The molecule has 2 nitrogen and oxygen atoms in total. The van der Waals surface area contributed by atoms with Gasteiger partial charge in [0, 0.05) is 6.54 Å². The van der Waals surface area contributed by atoms with Gasteiger partial charge in [-0.25, -0.2) is 0 Å². The van der Waals surface area contributed by atoms with Crippen LogP contribution in [0.2, 0.25) is 0 Å². The minimum atomic E-state index is 0.314. The van der Waals surface area contributed by atoms with E-state index in [1.54, 1.807) is 0 Å². The van der Waals surface area contributed by atoms with Gasteiger partial charge in [-0.15, -0.1) is 0 Å². The summed E-state index contributed by atoms with van der Waals surface area (Å²) in [5.74, 6) is 0. The van der Waals surface area contributed by atoms with Gasteiger partial charge in [-0.3, -0.25) is 4.90 Å². The molecule has 1 heterocycles. The molecule has 0 radical (unpaired) electrons. The van der Waals surface area contributed by atoms with Gasteiger partial charge in [0.05, 0.1) is 12.3 Å². The number of likely N-dealkylation sites (N-methyl/N-ethyl adjacent to an activating group) is 1. The maximum Gasteiger partial charge on any atom is 0.0997 e. The molecule has 0 atom stereocenters. The fourth-order valence-electron chi connectivity index (χ4n) is 1.70. The van der Waals surface area contributed by atoms with E-state index in [1.165, 1.54) is 19.3 Å². The van der Waals surface area contributed by atoms with Crippen LogP contribution in [-0.2, 0) is 4.74 Å². The van der Waals surface area contributed by atoms with Gasteiger partial charge in [0.25, 0.3) is 0 Å². The van der Waals surface area contributed by atoms with Crippen molar-refractivity contribution in [2.45, 2.75) is 24.9 Å². The second-order valence-electron chi connectivity index (χ2n) is 3.32. The Balaban J connectivity index is 1.99. The minimum Gasteiger partial charge on any atom is -0.358 e. The molecule has 1 saturated heterocycles. The van der Waals surface area contributed by atoms with Crippen LogP contribution in [0.3, 0.4) is 0 Å². The zero-order valence-electron chi connectivity index (χ0n) is 5.89. The highest BCUT2D eigenvalue weighted by molar-refractivity contribution is 4.94. The molecule has 2 heteroatoms. The quantitative estimate of drug-likeness (QED) is 0.478. The Bertz CT molecular complexity index is 120. The molecule has 0 aromatic heterocycles. The van der Waals surface area contributed by atoms with Gasteiger partial charge in [-0.1, -0.05) is 0 Å². The average molecular weight is 127 g/mol. The molecular formula is C7H13NO. The van der Waals surface area contributed by atoms with Crippen molar-refractivity contribution in [3.8, 4) is 0 Å². The molecule has 0 aromatic rings. The van der Waals surface area contributed by atoms with E-state index >= 15 is 0 Å². The minimum absolute atomic E-state index is 0.314. The lowest BCUT2D eigenvalue weighted by Gasteiger charge is -2.36. The summed E-state index contributed by atoms with van der Waals surface area (Å²) in [6.45, 7) is 2.01. The molecule has 9 heavy (non-hydrogen) atoms. The SMILES string of the molecule is CN1COC2(CCC2)C1. The second kappa shape index (κ2) is 1.70. The summed E-state index contributed by atoms with van der Waals surface area (Å²) in [7, 11) is 2.12. The summed E-state index contributed by atoms with van der Waals surface area (Å²) in [5.41, 5.74) is 0.314. The van der Waals surface area contributed by atoms with Crippen LogP contribution in [0.5, 0.6) is 0 Å². The molecule has 1 aliphatic carbocycles. The maximum atomic E-state index is 5.61. The van der Waals surface area contributed by atoms with Crippen LogP contribution in [-0.4, -0.2) is 30.8 Å². The predicted molar refractivity (Wildman–Crippen MR) is 35.2 cm³/mol. The molecule has 0 amide bonds. The van der Waals surface area contributed by atoms with Crippen LogP contribution in [0.1, 0.15) is 19.3 Å². The van der Waals surface area contributed by atoms with Crippen molar-refractivity contribution in [1.29, 1.82) is 0 Å². The van der Waals surface area contributed by atoms with E-state index in [1.807, 2.05) is 0 Å². The molecule has 2 rings (SSSR count). The Morgan fingerprint density at radius 3 is 2.44 bits per heavy atom. The van der Waals surface area contributed by atoms with E-state index in [2.05, 4.69) is 11.9 Å². The maximum absolute atomic E-state index is 5.61. The van der Waals surface area contributed by atoms with Crippen LogP contribution < -0.4 is 0 Å². The topological polar surface area (TPSA) is 12.5 Å². The highest BCUT2D eigenvalue weighted by Gasteiger charge is 2.42. The summed E-state index contributed by atoms with van der Waals surface area (Å²) in [6.07, 6.45) is 3.95. The van der Waals surface area contributed by atoms with Gasteiger partial charge in [-0.05, 0) is 26.3 Å². The van der Waals surface area contributed by atoms with E-state index in [4.69, 9.17) is 4.74 Å². The first kappa shape index (κ1) is 5.69. The van der Waals surface area contributed by atoms with E-state index in [-0.39, 0.29) is 0 Å². The highest BCUT2D eigenvalue weighted by Crippen LogP contribution is 2.39. The summed E-state index contributed by atoms with van der Waals surface area (Å²) in [4.78, 5) is 2.25. The fourth-order valence-corrected chi connectivity index (χ4v) is 1.70. The van der Waals surface area contributed by atoms with Crippen molar-refractivity contribution in [2.24, 2.45) is 0 Å². The largest absolute Gasteiger partial charge is 0.358 e. The van der Waals surface area contributed by atoms with Crippen molar-refractivity contribution >= 4 is 0 Å². The van der Waals surface area contributed by atoms with E-state index in [0.29, 0.717) is 5.60 Å². The first-order chi connectivity index (χ1) is 4.31. The molecule has 0 bridgehead atoms. The zero-order chi connectivity index (χ0) is 6.32. The lowest BCUT2D eigenvalue weighted by atomic mass is 9.80. The van der Waals surface area contributed by atoms with Crippen LogP contribution in [0.4, 0.5) is 0 Å². The molecule has 52 valence electrons. The Labute approximate surface area is 55.8 Å². The van der Waals surface area contributed by atoms with Gasteiger partial charge in [0.15, 0.2) is 0 Å². The molecule has 1 aliphatic heterocycles.